The molecule has 0 aliphatic rings. The summed E-state index contributed by atoms with van der Waals surface area (Å²) in [6, 6.07) is 10.5. The van der Waals surface area contributed by atoms with Crippen molar-refractivity contribution in [3.63, 3.8) is 0 Å². The molecule has 0 aliphatic carbocycles. The normalized spacial score (nSPS) is 11.6. The number of carbonyl (C=O) groups excluding carboxylic acids is 1. The van der Waals surface area contributed by atoms with E-state index < -0.39 is 6.04 Å². The molecular weight excluding hydrogens is 370 g/mol. The summed E-state index contributed by atoms with van der Waals surface area (Å²) in [6.45, 7) is 1.88. The number of ether oxygens (including phenoxy) is 3. The van der Waals surface area contributed by atoms with E-state index >= 15 is 0 Å². The number of aromatic nitrogens is 2. The molecule has 0 saturated carbocycles. The Morgan fingerprint density at radius 1 is 1.03 bits per heavy atom. The summed E-state index contributed by atoms with van der Waals surface area (Å²) in [5.41, 5.74) is 2.17. The lowest BCUT2D eigenvalue weighted by Crippen LogP contribution is -2.31. The molecule has 7 nitrogen and oxygen atoms in total. The Morgan fingerprint density at radius 3 is 2.14 bits per heavy atom. The van der Waals surface area contributed by atoms with E-state index in [1.54, 1.807) is 39.7 Å². The minimum atomic E-state index is -0.438. The highest BCUT2D eigenvalue weighted by molar-refractivity contribution is 5.95. The summed E-state index contributed by atoms with van der Waals surface area (Å²) in [6.07, 6.45) is 3.55. The molecule has 0 fully saturated rings. The highest BCUT2D eigenvalue weighted by atomic mass is 16.5. The lowest BCUT2D eigenvalue weighted by atomic mass is 10.0. The Labute approximate surface area is 170 Å². The average Bonchev–Trinajstić information content (AvgIpc) is 3.17. The van der Waals surface area contributed by atoms with Crippen LogP contribution in [0.3, 0.4) is 0 Å². The predicted molar refractivity (Wildman–Crippen MR) is 110 cm³/mol. The summed E-state index contributed by atoms with van der Waals surface area (Å²) in [5, 5.41) is 3.08. The number of nitrogens with one attached hydrogen (secondary N) is 1. The molecule has 0 saturated heterocycles. The maximum atomic E-state index is 13.1. The molecule has 2 aromatic carbocycles. The molecule has 1 N–H and O–H groups in total. The van der Waals surface area contributed by atoms with Crippen molar-refractivity contribution < 1.29 is 19.0 Å². The fourth-order valence-electron chi connectivity index (χ4n) is 3.18. The third kappa shape index (κ3) is 4.18. The van der Waals surface area contributed by atoms with Gasteiger partial charge in [-0.2, -0.15) is 0 Å². The fourth-order valence-corrected chi connectivity index (χ4v) is 3.18. The van der Waals surface area contributed by atoms with Crippen LogP contribution in [0.1, 0.15) is 33.4 Å². The van der Waals surface area contributed by atoms with Crippen LogP contribution in [0.25, 0.3) is 0 Å². The van der Waals surface area contributed by atoms with Crippen molar-refractivity contribution in [3.05, 3.63) is 71.3 Å². The van der Waals surface area contributed by atoms with Crippen molar-refractivity contribution >= 4 is 5.91 Å². The maximum Gasteiger partial charge on any atom is 0.252 e. The number of hydrogen-bond acceptors (Lipinski definition) is 5. The topological polar surface area (TPSA) is 74.6 Å². The Hall–Kier alpha value is -3.48. The number of nitrogens with zero attached hydrogens (tertiary/aromatic N) is 2. The Balaban J connectivity index is 1.98. The van der Waals surface area contributed by atoms with Gasteiger partial charge in [-0.25, -0.2) is 4.98 Å². The summed E-state index contributed by atoms with van der Waals surface area (Å²) in [4.78, 5) is 17.6. The lowest BCUT2D eigenvalue weighted by Gasteiger charge is -2.20. The number of methoxy groups -OCH3 is 3. The quantitative estimate of drug-likeness (QED) is 0.665. The number of benzene rings is 2. The van der Waals surface area contributed by atoms with Crippen LogP contribution >= 0.6 is 0 Å². The molecule has 0 spiro atoms. The first-order valence-corrected chi connectivity index (χ1v) is 9.13. The van der Waals surface area contributed by atoms with E-state index in [-0.39, 0.29) is 5.91 Å². The highest BCUT2D eigenvalue weighted by Gasteiger charge is 2.23. The van der Waals surface area contributed by atoms with E-state index in [0.29, 0.717) is 17.1 Å². The number of imidazole rings is 1. The largest absolute Gasteiger partial charge is 0.497 e. The van der Waals surface area contributed by atoms with Crippen LogP contribution in [0.4, 0.5) is 0 Å². The predicted octanol–water partition coefficient (Wildman–Crippen LogP) is 3.27. The number of rotatable bonds is 7. The van der Waals surface area contributed by atoms with Crippen LogP contribution in [0.15, 0.2) is 48.8 Å². The average molecular weight is 395 g/mol. The van der Waals surface area contributed by atoms with Crippen LogP contribution in [0.5, 0.6) is 17.2 Å². The van der Waals surface area contributed by atoms with Gasteiger partial charge in [-0.15, -0.1) is 0 Å². The van der Waals surface area contributed by atoms with E-state index in [4.69, 9.17) is 14.2 Å². The lowest BCUT2D eigenvalue weighted by molar-refractivity contribution is 0.0940. The first-order chi connectivity index (χ1) is 14.0. The SMILES string of the molecule is COc1ccc(C(NC(=O)c2cc(OC)c(C)c(OC)c2)c2nccn2C)cc1. The van der Waals surface area contributed by atoms with Crippen LogP contribution in [0.2, 0.25) is 0 Å². The summed E-state index contributed by atoms with van der Waals surface area (Å²) < 4.78 is 17.9. The minimum absolute atomic E-state index is 0.259. The zero-order valence-corrected chi connectivity index (χ0v) is 17.2. The van der Waals surface area contributed by atoms with E-state index in [1.165, 1.54) is 0 Å². The molecule has 1 atom stereocenters. The molecule has 3 aromatic rings. The van der Waals surface area contributed by atoms with Crippen LogP contribution < -0.4 is 19.5 Å². The van der Waals surface area contributed by atoms with Gasteiger partial charge in [0.25, 0.3) is 5.91 Å². The number of hydrogen-bond donors (Lipinski definition) is 1. The molecule has 0 radical (unpaired) electrons. The van der Waals surface area contributed by atoms with Gasteiger partial charge in [0, 0.05) is 30.6 Å². The molecule has 0 bridgehead atoms. The molecule has 3 rings (SSSR count). The monoisotopic (exact) mass is 395 g/mol. The van der Waals surface area contributed by atoms with Gasteiger partial charge in [0.2, 0.25) is 0 Å². The van der Waals surface area contributed by atoms with E-state index in [9.17, 15) is 4.79 Å². The maximum absolute atomic E-state index is 13.1. The standard InChI is InChI=1S/C22H25N3O4/c1-14-18(28-4)12-16(13-19(14)29-5)22(26)24-20(21-23-10-11-25(21)2)15-6-8-17(27-3)9-7-15/h6-13,20H,1-5H3,(H,24,26). The zero-order valence-electron chi connectivity index (χ0n) is 17.2. The second kappa shape index (κ2) is 8.68. The smallest absolute Gasteiger partial charge is 0.252 e. The molecule has 152 valence electrons. The zero-order chi connectivity index (χ0) is 21.0. The minimum Gasteiger partial charge on any atom is -0.497 e. The molecular formula is C22H25N3O4. The Morgan fingerprint density at radius 2 is 1.66 bits per heavy atom. The first kappa shape index (κ1) is 20.3. The molecule has 1 unspecified atom stereocenters. The number of amides is 1. The van der Waals surface area contributed by atoms with Gasteiger partial charge in [-0.3, -0.25) is 4.79 Å². The van der Waals surface area contributed by atoms with Gasteiger partial charge in [0.1, 0.15) is 29.1 Å². The molecule has 1 amide bonds. The third-order valence-corrected chi connectivity index (χ3v) is 4.86. The molecule has 29 heavy (non-hydrogen) atoms. The van der Waals surface area contributed by atoms with Crippen molar-refractivity contribution in [2.24, 2.45) is 7.05 Å². The second-order valence-electron chi connectivity index (χ2n) is 6.58. The van der Waals surface area contributed by atoms with E-state index in [1.807, 2.05) is 49.0 Å². The molecule has 1 heterocycles. The first-order valence-electron chi connectivity index (χ1n) is 9.13. The van der Waals surface area contributed by atoms with E-state index in [2.05, 4.69) is 10.3 Å². The van der Waals surface area contributed by atoms with Gasteiger partial charge in [-0.05, 0) is 36.8 Å². The van der Waals surface area contributed by atoms with Gasteiger partial charge in [0.15, 0.2) is 0 Å². The molecule has 1 aromatic heterocycles. The summed E-state index contributed by atoms with van der Waals surface area (Å²) in [7, 11) is 6.64. The van der Waals surface area contributed by atoms with E-state index in [0.717, 1.165) is 22.7 Å². The van der Waals surface area contributed by atoms with Crippen molar-refractivity contribution in [1.82, 2.24) is 14.9 Å². The van der Waals surface area contributed by atoms with Crippen molar-refractivity contribution in [1.29, 1.82) is 0 Å². The van der Waals surface area contributed by atoms with Crippen molar-refractivity contribution in [2.45, 2.75) is 13.0 Å². The Kier molecular flexibility index (Phi) is 6.07. The van der Waals surface area contributed by atoms with Gasteiger partial charge in [0.05, 0.1) is 21.3 Å². The van der Waals surface area contributed by atoms with Gasteiger partial charge >= 0.3 is 0 Å². The second-order valence-corrected chi connectivity index (χ2v) is 6.58. The number of aryl methyl sites for hydroxylation is 1. The third-order valence-electron chi connectivity index (χ3n) is 4.86. The van der Waals surface area contributed by atoms with Crippen LogP contribution in [-0.4, -0.2) is 36.8 Å². The molecule has 7 heteroatoms. The Bertz CT molecular complexity index is 971. The highest BCUT2D eigenvalue weighted by Crippen LogP contribution is 2.30. The number of carbonyl (C=O) groups is 1. The summed E-state index contributed by atoms with van der Waals surface area (Å²) >= 11 is 0. The van der Waals surface area contributed by atoms with Gasteiger partial charge < -0.3 is 24.1 Å². The van der Waals surface area contributed by atoms with Crippen molar-refractivity contribution in [3.8, 4) is 17.2 Å². The van der Waals surface area contributed by atoms with Crippen LogP contribution in [-0.2, 0) is 7.05 Å². The fraction of sp³-hybridized carbons (Fsp3) is 0.273. The van der Waals surface area contributed by atoms with Crippen molar-refractivity contribution in [2.75, 3.05) is 21.3 Å². The molecule has 0 aliphatic heterocycles. The van der Waals surface area contributed by atoms with Crippen LogP contribution in [0, 0.1) is 6.92 Å². The summed E-state index contributed by atoms with van der Waals surface area (Å²) in [5.74, 6) is 2.38. The van der Waals surface area contributed by atoms with Gasteiger partial charge in [-0.1, -0.05) is 12.1 Å².